The van der Waals surface area contributed by atoms with Gasteiger partial charge in [0.1, 0.15) is 5.78 Å². The Labute approximate surface area is 85.1 Å². The Balaban J connectivity index is 4.16. The highest BCUT2D eigenvalue weighted by Gasteiger charge is 2.22. The molecule has 0 heterocycles. The predicted octanol–water partition coefficient (Wildman–Crippen LogP) is 0.266. The number of ketones is 1. The van der Waals surface area contributed by atoms with Crippen molar-refractivity contribution < 1.29 is 15.0 Å². The fraction of sp³-hybridized carbons (Fsp3) is 0.900. The van der Waals surface area contributed by atoms with Crippen molar-refractivity contribution in [3.05, 3.63) is 0 Å². The zero-order valence-corrected chi connectivity index (χ0v) is 9.10. The molecule has 0 aliphatic carbocycles. The summed E-state index contributed by atoms with van der Waals surface area (Å²) in [4.78, 5) is 11.3. The second-order valence-corrected chi connectivity index (χ2v) is 4.26. The van der Waals surface area contributed by atoms with Crippen molar-refractivity contribution in [2.24, 2.45) is 17.6 Å². The Morgan fingerprint density at radius 2 is 1.79 bits per heavy atom. The molecule has 0 unspecified atom stereocenters. The van der Waals surface area contributed by atoms with E-state index in [4.69, 9.17) is 15.9 Å². The third-order valence-corrected chi connectivity index (χ3v) is 2.17. The molecule has 0 fully saturated rings. The summed E-state index contributed by atoms with van der Waals surface area (Å²) in [5, 5.41) is 18.1. The van der Waals surface area contributed by atoms with E-state index in [1.165, 1.54) is 0 Å². The molecule has 0 aromatic carbocycles. The highest BCUT2D eigenvalue weighted by atomic mass is 16.5. The van der Waals surface area contributed by atoms with E-state index in [0.717, 1.165) is 0 Å². The minimum atomic E-state index is -1.43. The predicted molar refractivity (Wildman–Crippen MR) is 54.4 cm³/mol. The van der Waals surface area contributed by atoms with Crippen LogP contribution in [0.3, 0.4) is 0 Å². The standard InChI is InChI=1S/C10H21NO3/c1-6(2)4-8(10(13)14)5-9(12)7(3)11/h6-8,10,13-14H,4-5,11H2,1-3H3/t7-,8-/m0/s1. The number of hydrogen-bond acceptors (Lipinski definition) is 4. The van der Waals surface area contributed by atoms with E-state index in [2.05, 4.69) is 0 Å². The summed E-state index contributed by atoms with van der Waals surface area (Å²) in [5.74, 6) is -0.181. The number of rotatable bonds is 6. The largest absolute Gasteiger partial charge is 0.368 e. The third kappa shape index (κ3) is 5.32. The van der Waals surface area contributed by atoms with Crippen molar-refractivity contribution in [2.75, 3.05) is 0 Å². The van der Waals surface area contributed by atoms with Crippen LogP contribution in [0.1, 0.15) is 33.6 Å². The van der Waals surface area contributed by atoms with E-state index >= 15 is 0 Å². The first kappa shape index (κ1) is 13.5. The van der Waals surface area contributed by atoms with Crippen molar-refractivity contribution >= 4 is 5.78 Å². The van der Waals surface area contributed by atoms with Crippen LogP contribution in [-0.4, -0.2) is 28.3 Å². The second-order valence-electron chi connectivity index (χ2n) is 4.26. The van der Waals surface area contributed by atoms with Gasteiger partial charge in [0.15, 0.2) is 6.29 Å². The number of Topliss-reactive ketones (excluding diaryl/α,β-unsaturated/α-hetero) is 1. The van der Waals surface area contributed by atoms with Crippen molar-refractivity contribution in [2.45, 2.75) is 45.9 Å². The summed E-state index contributed by atoms with van der Waals surface area (Å²) in [7, 11) is 0. The average Bonchev–Trinajstić information content (AvgIpc) is 2.01. The van der Waals surface area contributed by atoms with Crippen LogP contribution < -0.4 is 5.73 Å². The van der Waals surface area contributed by atoms with Crippen LogP contribution in [0, 0.1) is 11.8 Å². The Hall–Kier alpha value is -0.450. The summed E-state index contributed by atoms with van der Waals surface area (Å²) < 4.78 is 0. The summed E-state index contributed by atoms with van der Waals surface area (Å²) in [5.41, 5.74) is 5.40. The first-order valence-corrected chi connectivity index (χ1v) is 4.99. The Morgan fingerprint density at radius 1 is 1.29 bits per heavy atom. The third-order valence-electron chi connectivity index (χ3n) is 2.17. The Morgan fingerprint density at radius 3 is 2.07 bits per heavy atom. The highest BCUT2D eigenvalue weighted by Crippen LogP contribution is 2.19. The molecule has 0 aliphatic rings. The van der Waals surface area contributed by atoms with Crippen LogP contribution in [0.25, 0.3) is 0 Å². The SMILES string of the molecule is CC(C)C[C@@H](CC(=O)[C@H](C)N)C(O)O. The number of aliphatic hydroxyl groups excluding tert-OH is 1. The second kappa shape index (κ2) is 6.11. The number of carbonyl (C=O) groups is 1. The smallest absolute Gasteiger partial charge is 0.154 e. The van der Waals surface area contributed by atoms with Gasteiger partial charge < -0.3 is 15.9 Å². The molecule has 0 amide bonds. The van der Waals surface area contributed by atoms with E-state index in [9.17, 15) is 4.79 Å². The van der Waals surface area contributed by atoms with Crippen molar-refractivity contribution in [3.8, 4) is 0 Å². The molecular weight excluding hydrogens is 182 g/mol. The number of hydrogen-bond donors (Lipinski definition) is 3. The van der Waals surface area contributed by atoms with Crippen LogP contribution in [-0.2, 0) is 4.79 Å². The van der Waals surface area contributed by atoms with E-state index in [0.29, 0.717) is 12.3 Å². The minimum Gasteiger partial charge on any atom is -0.368 e. The molecule has 0 radical (unpaired) electrons. The van der Waals surface area contributed by atoms with Gasteiger partial charge in [-0.15, -0.1) is 0 Å². The van der Waals surface area contributed by atoms with Gasteiger partial charge in [-0.1, -0.05) is 13.8 Å². The van der Waals surface area contributed by atoms with Crippen LogP contribution >= 0.6 is 0 Å². The lowest BCUT2D eigenvalue weighted by atomic mass is 9.90. The summed E-state index contributed by atoms with van der Waals surface area (Å²) in [6.07, 6.45) is -0.663. The monoisotopic (exact) mass is 203 g/mol. The van der Waals surface area contributed by atoms with Gasteiger partial charge in [0.2, 0.25) is 0 Å². The summed E-state index contributed by atoms with van der Waals surface area (Å²) in [6.45, 7) is 5.57. The molecule has 2 atom stereocenters. The van der Waals surface area contributed by atoms with Crippen LogP contribution in [0.4, 0.5) is 0 Å². The van der Waals surface area contributed by atoms with Crippen LogP contribution in [0.15, 0.2) is 0 Å². The molecule has 0 aromatic rings. The van der Waals surface area contributed by atoms with E-state index < -0.39 is 18.2 Å². The van der Waals surface area contributed by atoms with Crippen LogP contribution in [0.5, 0.6) is 0 Å². The zero-order valence-electron chi connectivity index (χ0n) is 9.10. The lowest BCUT2D eigenvalue weighted by Crippen LogP contribution is -2.32. The Kier molecular flexibility index (Phi) is 5.92. The van der Waals surface area contributed by atoms with Gasteiger partial charge in [0.05, 0.1) is 6.04 Å². The average molecular weight is 203 g/mol. The minimum absolute atomic E-state index is 0.122. The molecule has 4 heteroatoms. The van der Waals surface area contributed by atoms with E-state index in [1.807, 2.05) is 13.8 Å². The molecule has 0 aromatic heterocycles. The lowest BCUT2D eigenvalue weighted by Gasteiger charge is -2.20. The molecule has 0 aliphatic heterocycles. The molecule has 0 rings (SSSR count). The summed E-state index contributed by atoms with van der Waals surface area (Å²) in [6, 6.07) is -0.525. The molecule has 84 valence electrons. The fourth-order valence-electron chi connectivity index (χ4n) is 1.36. The maximum Gasteiger partial charge on any atom is 0.154 e. The number of aliphatic hydroxyl groups is 2. The van der Waals surface area contributed by atoms with Crippen molar-refractivity contribution in [1.82, 2.24) is 0 Å². The number of carbonyl (C=O) groups excluding carboxylic acids is 1. The maximum absolute atomic E-state index is 11.3. The number of nitrogens with two attached hydrogens (primary N) is 1. The first-order valence-electron chi connectivity index (χ1n) is 4.99. The molecule has 4 N–H and O–H groups in total. The highest BCUT2D eigenvalue weighted by molar-refractivity contribution is 5.83. The van der Waals surface area contributed by atoms with E-state index in [1.54, 1.807) is 6.92 Å². The van der Waals surface area contributed by atoms with Gasteiger partial charge in [-0.05, 0) is 19.3 Å². The molecule has 0 bridgehead atoms. The van der Waals surface area contributed by atoms with Gasteiger partial charge in [-0.25, -0.2) is 0 Å². The van der Waals surface area contributed by atoms with Gasteiger partial charge in [0, 0.05) is 12.3 Å². The molecular formula is C10H21NO3. The molecule has 0 saturated carbocycles. The topological polar surface area (TPSA) is 83.6 Å². The zero-order chi connectivity index (χ0) is 11.3. The lowest BCUT2D eigenvalue weighted by molar-refractivity contribution is -0.128. The molecule has 0 saturated heterocycles. The fourth-order valence-corrected chi connectivity index (χ4v) is 1.36. The van der Waals surface area contributed by atoms with Gasteiger partial charge >= 0.3 is 0 Å². The molecule has 0 spiro atoms. The van der Waals surface area contributed by atoms with Crippen molar-refractivity contribution in [3.63, 3.8) is 0 Å². The normalized spacial score (nSPS) is 16.0. The van der Waals surface area contributed by atoms with E-state index in [-0.39, 0.29) is 12.2 Å². The van der Waals surface area contributed by atoms with Gasteiger partial charge in [-0.3, -0.25) is 4.79 Å². The van der Waals surface area contributed by atoms with Crippen LogP contribution in [0.2, 0.25) is 0 Å². The van der Waals surface area contributed by atoms with Gasteiger partial charge in [0.25, 0.3) is 0 Å². The van der Waals surface area contributed by atoms with Gasteiger partial charge in [-0.2, -0.15) is 0 Å². The molecule has 14 heavy (non-hydrogen) atoms. The quantitative estimate of drug-likeness (QED) is 0.541. The van der Waals surface area contributed by atoms with Crippen molar-refractivity contribution in [1.29, 1.82) is 0 Å². The summed E-state index contributed by atoms with van der Waals surface area (Å²) >= 11 is 0. The first-order chi connectivity index (χ1) is 6.34. The Bertz CT molecular complexity index is 178. The molecule has 4 nitrogen and oxygen atoms in total. The maximum atomic E-state index is 11.3.